The fraction of sp³-hybridized carbons (Fsp3) is 0.125. The highest BCUT2D eigenvalue weighted by Gasteiger charge is 2.23. The van der Waals surface area contributed by atoms with Crippen molar-refractivity contribution in [2.75, 3.05) is 5.32 Å². The molecule has 0 spiro atoms. The first kappa shape index (κ1) is 16.2. The lowest BCUT2D eigenvalue weighted by Gasteiger charge is -2.15. The molecule has 124 valence electrons. The van der Waals surface area contributed by atoms with Crippen LogP contribution in [-0.4, -0.2) is 23.0 Å². The molecule has 24 heavy (non-hydrogen) atoms. The van der Waals surface area contributed by atoms with Crippen LogP contribution in [0, 0.1) is 6.92 Å². The summed E-state index contributed by atoms with van der Waals surface area (Å²) in [5.41, 5.74) is 2.08. The first-order valence-electron chi connectivity index (χ1n) is 7.19. The van der Waals surface area contributed by atoms with E-state index >= 15 is 0 Å². The minimum atomic E-state index is -3.93. The number of nitrogens with two attached hydrogens (primary N) is 1. The second-order valence-electron chi connectivity index (χ2n) is 5.44. The predicted molar refractivity (Wildman–Crippen MR) is 92.3 cm³/mol. The van der Waals surface area contributed by atoms with Crippen molar-refractivity contribution in [1.82, 2.24) is 14.5 Å². The summed E-state index contributed by atoms with van der Waals surface area (Å²) in [5.74, 6) is 0.596. The molecule has 0 atom stereocenters. The Morgan fingerprint density at radius 3 is 2.54 bits per heavy atom. The fourth-order valence-electron chi connectivity index (χ4n) is 2.53. The third-order valence-corrected chi connectivity index (χ3v) is 4.62. The largest absolute Gasteiger partial charge is 0.340 e. The van der Waals surface area contributed by atoms with E-state index in [0.29, 0.717) is 28.3 Å². The Kier molecular flexibility index (Phi) is 4.08. The number of imidazole rings is 1. The Morgan fingerprint density at radius 2 is 1.96 bits per heavy atom. The number of aryl methyl sites for hydroxylation is 2. The first-order chi connectivity index (χ1) is 11.4. The summed E-state index contributed by atoms with van der Waals surface area (Å²) in [6, 6.07) is 8.93. The standard InChI is InChI=1S/C16H17N5O2S/c1-11-6-7-12(20-14-5-3-4-8-18-14)15(16(11)24(17,22)23)13-9-21(2)10-19-13/h3-10H,1-2H3,(H,18,20)(H2,17,22,23). The van der Waals surface area contributed by atoms with Crippen LogP contribution in [0.4, 0.5) is 11.5 Å². The number of primary sulfonamides is 1. The SMILES string of the molecule is Cc1ccc(Nc2ccccn2)c(-c2cn(C)cn2)c1S(N)(=O)=O. The van der Waals surface area contributed by atoms with Crippen LogP contribution < -0.4 is 10.5 Å². The summed E-state index contributed by atoms with van der Waals surface area (Å²) in [6.45, 7) is 1.71. The average molecular weight is 343 g/mol. The molecule has 1 aromatic carbocycles. The number of anilines is 2. The van der Waals surface area contributed by atoms with Crippen molar-refractivity contribution in [2.24, 2.45) is 12.2 Å². The molecule has 0 fully saturated rings. The van der Waals surface area contributed by atoms with Gasteiger partial charge in [-0.2, -0.15) is 0 Å². The molecule has 0 saturated heterocycles. The Hall–Kier alpha value is -2.71. The van der Waals surface area contributed by atoms with Crippen molar-refractivity contribution >= 4 is 21.5 Å². The lowest BCUT2D eigenvalue weighted by atomic mass is 10.1. The van der Waals surface area contributed by atoms with Gasteiger partial charge in [0.05, 0.1) is 22.6 Å². The molecule has 0 aliphatic heterocycles. The molecule has 0 saturated carbocycles. The number of aromatic nitrogens is 3. The Morgan fingerprint density at radius 1 is 1.17 bits per heavy atom. The number of hydrogen-bond acceptors (Lipinski definition) is 5. The summed E-state index contributed by atoms with van der Waals surface area (Å²) in [4.78, 5) is 8.55. The first-order valence-corrected chi connectivity index (χ1v) is 8.73. The van der Waals surface area contributed by atoms with E-state index in [4.69, 9.17) is 5.14 Å². The summed E-state index contributed by atoms with van der Waals surface area (Å²) in [6.07, 6.45) is 5.00. The predicted octanol–water partition coefficient (Wildman–Crippen LogP) is 2.18. The number of rotatable bonds is 4. The van der Waals surface area contributed by atoms with Crippen molar-refractivity contribution in [2.45, 2.75) is 11.8 Å². The Bertz CT molecular complexity index is 981. The highest BCUT2D eigenvalue weighted by Crippen LogP contribution is 2.36. The number of pyridine rings is 1. The van der Waals surface area contributed by atoms with E-state index in [0.717, 1.165) is 0 Å². The van der Waals surface area contributed by atoms with Crippen LogP contribution in [0.3, 0.4) is 0 Å². The molecule has 0 bridgehead atoms. The van der Waals surface area contributed by atoms with Gasteiger partial charge in [0, 0.05) is 25.0 Å². The molecule has 3 rings (SSSR count). The second-order valence-corrected chi connectivity index (χ2v) is 6.94. The zero-order valence-electron chi connectivity index (χ0n) is 13.3. The summed E-state index contributed by atoms with van der Waals surface area (Å²) < 4.78 is 26.1. The van der Waals surface area contributed by atoms with Gasteiger partial charge in [0.25, 0.3) is 0 Å². The van der Waals surface area contributed by atoms with E-state index in [2.05, 4.69) is 15.3 Å². The van der Waals surface area contributed by atoms with Crippen LogP contribution >= 0.6 is 0 Å². The highest BCUT2D eigenvalue weighted by molar-refractivity contribution is 7.89. The lowest BCUT2D eigenvalue weighted by Crippen LogP contribution is -2.16. The van der Waals surface area contributed by atoms with Crippen molar-refractivity contribution < 1.29 is 8.42 Å². The molecule has 0 aliphatic rings. The third-order valence-electron chi connectivity index (χ3n) is 3.53. The van der Waals surface area contributed by atoms with Crippen LogP contribution in [0.2, 0.25) is 0 Å². The monoisotopic (exact) mass is 343 g/mol. The summed E-state index contributed by atoms with van der Waals surface area (Å²) in [5, 5.41) is 8.60. The van der Waals surface area contributed by atoms with Gasteiger partial charge in [-0.3, -0.25) is 0 Å². The van der Waals surface area contributed by atoms with Crippen molar-refractivity contribution in [3.8, 4) is 11.3 Å². The number of nitrogens with zero attached hydrogens (tertiary/aromatic N) is 3. The van der Waals surface area contributed by atoms with Crippen LogP contribution in [0.15, 0.2) is 53.9 Å². The van der Waals surface area contributed by atoms with Gasteiger partial charge < -0.3 is 9.88 Å². The molecular formula is C16H17N5O2S. The average Bonchev–Trinajstić information content (AvgIpc) is 2.95. The quantitative estimate of drug-likeness (QED) is 0.756. The molecule has 2 aromatic heterocycles. The van der Waals surface area contributed by atoms with Crippen molar-refractivity contribution in [3.05, 3.63) is 54.6 Å². The molecule has 0 unspecified atom stereocenters. The second kappa shape index (κ2) is 6.06. The van der Waals surface area contributed by atoms with Crippen molar-refractivity contribution in [3.63, 3.8) is 0 Å². The molecule has 0 radical (unpaired) electrons. The fourth-order valence-corrected chi connectivity index (χ4v) is 3.54. The topological polar surface area (TPSA) is 103 Å². The molecule has 8 heteroatoms. The van der Waals surface area contributed by atoms with E-state index in [-0.39, 0.29) is 4.90 Å². The van der Waals surface area contributed by atoms with Gasteiger partial charge in [0.2, 0.25) is 10.0 Å². The normalized spacial score (nSPS) is 11.5. The molecule has 3 N–H and O–H groups in total. The Labute approximate surface area is 140 Å². The van der Waals surface area contributed by atoms with Crippen LogP contribution in [0.1, 0.15) is 5.56 Å². The molecule has 2 heterocycles. The number of nitrogens with one attached hydrogen (secondary N) is 1. The van der Waals surface area contributed by atoms with E-state index in [1.165, 1.54) is 0 Å². The summed E-state index contributed by atoms with van der Waals surface area (Å²) in [7, 11) is -2.11. The zero-order valence-corrected chi connectivity index (χ0v) is 14.1. The minimum absolute atomic E-state index is 0.0575. The van der Waals surface area contributed by atoms with Gasteiger partial charge in [-0.15, -0.1) is 0 Å². The maximum atomic E-state index is 12.2. The lowest BCUT2D eigenvalue weighted by molar-refractivity contribution is 0.597. The maximum Gasteiger partial charge on any atom is 0.239 e. The number of sulfonamides is 1. The minimum Gasteiger partial charge on any atom is -0.340 e. The smallest absolute Gasteiger partial charge is 0.239 e. The van der Waals surface area contributed by atoms with E-state index in [1.54, 1.807) is 54.5 Å². The Balaban J connectivity index is 2.26. The van der Waals surface area contributed by atoms with Gasteiger partial charge >= 0.3 is 0 Å². The highest BCUT2D eigenvalue weighted by atomic mass is 32.2. The van der Waals surface area contributed by atoms with Gasteiger partial charge in [-0.05, 0) is 30.7 Å². The van der Waals surface area contributed by atoms with Gasteiger partial charge in [-0.25, -0.2) is 23.5 Å². The third kappa shape index (κ3) is 3.15. The molecular weight excluding hydrogens is 326 g/mol. The van der Waals surface area contributed by atoms with Crippen LogP contribution in [0.25, 0.3) is 11.3 Å². The molecule has 0 amide bonds. The number of hydrogen-bond donors (Lipinski definition) is 2. The van der Waals surface area contributed by atoms with Crippen LogP contribution in [-0.2, 0) is 17.1 Å². The van der Waals surface area contributed by atoms with Crippen molar-refractivity contribution in [1.29, 1.82) is 0 Å². The zero-order chi connectivity index (χ0) is 17.3. The maximum absolute atomic E-state index is 12.2. The molecule has 3 aromatic rings. The molecule has 7 nitrogen and oxygen atoms in total. The number of benzene rings is 1. The summed E-state index contributed by atoms with van der Waals surface area (Å²) >= 11 is 0. The van der Waals surface area contributed by atoms with E-state index < -0.39 is 10.0 Å². The van der Waals surface area contributed by atoms with Gasteiger partial charge in [0.1, 0.15) is 5.82 Å². The van der Waals surface area contributed by atoms with Gasteiger partial charge in [0.15, 0.2) is 0 Å². The van der Waals surface area contributed by atoms with Gasteiger partial charge in [-0.1, -0.05) is 12.1 Å². The van der Waals surface area contributed by atoms with E-state index in [1.807, 2.05) is 13.1 Å². The van der Waals surface area contributed by atoms with E-state index in [9.17, 15) is 8.42 Å². The molecule has 0 aliphatic carbocycles. The van der Waals surface area contributed by atoms with Crippen LogP contribution in [0.5, 0.6) is 0 Å².